The summed E-state index contributed by atoms with van der Waals surface area (Å²) in [6, 6.07) is 7.10. The molecule has 0 amide bonds. The van der Waals surface area contributed by atoms with Crippen LogP contribution in [0, 0.1) is 0 Å². The van der Waals surface area contributed by atoms with Gasteiger partial charge in [-0.15, -0.1) is 0 Å². The van der Waals surface area contributed by atoms with Crippen LogP contribution < -0.4 is 10.1 Å². The third-order valence-corrected chi connectivity index (χ3v) is 4.82. The molecule has 0 spiro atoms. The highest BCUT2D eigenvalue weighted by atomic mass is 16.5. The van der Waals surface area contributed by atoms with E-state index in [0.717, 1.165) is 51.4 Å². The highest BCUT2D eigenvalue weighted by molar-refractivity contribution is 5.37. The Morgan fingerprint density at radius 1 is 1.27 bits per heavy atom. The molecule has 0 saturated carbocycles. The number of benzene rings is 1. The molecule has 122 valence electrons. The van der Waals surface area contributed by atoms with Crippen molar-refractivity contribution >= 4 is 0 Å². The summed E-state index contributed by atoms with van der Waals surface area (Å²) in [6.07, 6.45) is 4.70. The molecule has 1 N–H and O–H groups in total. The first kappa shape index (κ1) is 15.8. The molecule has 0 bridgehead atoms. The van der Waals surface area contributed by atoms with Gasteiger partial charge in [-0.2, -0.15) is 0 Å². The minimum atomic E-state index is 0.600. The summed E-state index contributed by atoms with van der Waals surface area (Å²) in [7, 11) is 1.74. The molecule has 22 heavy (non-hydrogen) atoms. The lowest BCUT2D eigenvalue weighted by Gasteiger charge is -2.27. The minimum Gasteiger partial charge on any atom is -0.497 e. The summed E-state index contributed by atoms with van der Waals surface area (Å²) in [6.45, 7) is 6.26. The second kappa shape index (κ2) is 7.95. The van der Waals surface area contributed by atoms with Crippen molar-refractivity contribution in [2.75, 3.05) is 46.5 Å². The van der Waals surface area contributed by atoms with Crippen LogP contribution in [0.4, 0.5) is 0 Å². The zero-order chi connectivity index (χ0) is 15.2. The molecule has 0 radical (unpaired) electrons. The molecular formula is C18H28N2O2. The largest absolute Gasteiger partial charge is 0.497 e. The number of ether oxygens (including phenoxy) is 2. The van der Waals surface area contributed by atoms with Crippen LogP contribution in [0.1, 0.15) is 24.0 Å². The Hall–Kier alpha value is -1.10. The van der Waals surface area contributed by atoms with Crippen molar-refractivity contribution in [2.45, 2.75) is 31.7 Å². The summed E-state index contributed by atoms with van der Waals surface area (Å²) in [5.74, 6) is 0.976. The van der Waals surface area contributed by atoms with Gasteiger partial charge in [0.15, 0.2) is 0 Å². The smallest absolute Gasteiger partial charge is 0.119 e. The first-order chi connectivity index (χ1) is 10.8. The number of nitrogens with zero attached hydrogens (tertiary/aromatic N) is 1. The number of hydrogen-bond donors (Lipinski definition) is 1. The quantitative estimate of drug-likeness (QED) is 0.900. The zero-order valence-electron chi connectivity index (χ0n) is 13.6. The lowest BCUT2D eigenvalue weighted by molar-refractivity contribution is 0.141. The Morgan fingerprint density at radius 2 is 2.23 bits per heavy atom. The lowest BCUT2D eigenvalue weighted by Crippen LogP contribution is -2.40. The monoisotopic (exact) mass is 304 g/mol. The van der Waals surface area contributed by atoms with E-state index in [-0.39, 0.29) is 0 Å². The molecule has 1 fully saturated rings. The average molecular weight is 304 g/mol. The minimum absolute atomic E-state index is 0.600. The maximum Gasteiger partial charge on any atom is 0.119 e. The van der Waals surface area contributed by atoms with Crippen LogP contribution in [0.25, 0.3) is 0 Å². The first-order valence-corrected chi connectivity index (χ1v) is 8.54. The van der Waals surface area contributed by atoms with Crippen LogP contribution in [-0.2, 0) is 17.6 Å². The Balaban J connectivity index is 1.45. The van der Waals surface area contributed by atoms with Crippen molar-refractivity contribution in [2.24, 2.45) is 0 Å². The summed E-state index contributed by atoms with van der Waals surface area (Å²) in [4.78, 5) is 2.51. The SMILES string of the molecule is COc1ccc2c(c1)CC(NCCN1CCCOCC1)CC2. The van der Waals surface area contributed by atoms with E-state index in [1.54, 1.807) is 7.11 Å². The van der Waals surface area contributed by atoms with E-state index in [4.69, 9.17) is 9.47 Å². The predicted molar refractivity (Wildman–Crippen MR) is 88.7 cm³/mol. The second-order valence-electron chi connectivity index (χ2n) is 6.34. The fourth-order valence-corrected chi connectivity index (χ4v) is 3.48. The summed E-state index contributed by atoms with van der Waals surface area (Å²) in [5.41, 5.74) is 2.94. The van der Waals surface area contributed by atoms with Gasteiger partial charge in [0.2, 0.25) is 0 Å². The van der Waals surface area contributed by atoms with E-state index in [2.05, 4.69) is 28.4 Å². The van der Waals surface area contributed by atoms with Gasteiger partial charge in [0.1, 0.15) is 5.75 Å². The second-order valence-corrected chi connectivity index (χ2v) is 6.34. The molecule has 1 aliphatic carbocycles. The van der Waals surface area contributed by atoms with E-state index in [9.17, 15) is 0 Å². The predicted octanol–water partition coefficient (Wildman–Crippen LogP) is 1.86. The first-order valence-electron chi connectivity index (χ1n) is 8.54. The highest BCUT2D eigenvalue weighted by Crippen LogP contribution is 2.25. The summed E-state index contributed by atoms with van der Waals surface area (Å²) in [5, 5.41) is 3.74. The summed E-state index contributed by atoms with van der Waals surface area (Å²) >= 11 is 0. The van der Waals surface area contributed by atoms with Crippen LogP contribution in [0.5, 0.6) is 5.75 Å². The van der Waals surface area contributed by atoms with Crippen LogP contribution >= 0.6 is 0 Å². The number of methoxy groups -OCH3 is 1. The molecular weight excluding hydrogens is 276 g/mol. The van der Waals surface area contributed by atoms with Gasteiger partial charge in [-0.3, -0.25) is 4.90 Å². The maximum atomic E-state index is 5.51. The number of fused-ring (bicyclic) bond motifs is 1. The number of rotatable bonds is 5. The number of hydrogen-bond acceptors (Lipinski definition) is 4. The van der Waals surface area contributed by atoms with Gasteiger partial charge in [0.05, 0.1) is 13.7 Å². The molecule has 1 aromatic rings. The molecule has 0 aromatic heterocycles. The van der Waals surface area contributed by atoms with Crippen molar-refractivity contribution in [3.05, 3.63) is 29.3 Å². The van der Waals surface area contributed by atoms with Gasteiger partial charge < -0.3 is 14.8 Å². The normalized spacial score (nSPS) is 22.9. The zero-order valence-corrected chi connectivity index (χ0v) is 13.6. The van der Waals surface area contributed by atoms with Gasteiger partial charge in [0.25, 0.3) is 0 Å². The lowest BCUT2D eigenvalue weighted by atomic mass is 9.88. The number of aryl methyl sites for hydroxylation is 1. The molecule has 1 saturated heterocycles. The molecule has 1 unspecified atom stereocenters. The molecule has 2 aliphatic rings. The molecule has 3 rings (SSSR count). The van der Waals surface area contributed by atoms with Crippen molar-refractivity contribution in [3.8, 4) is 5.75 Å². The van der Waals surface area contributed by atoms with Gasteiger partial charge in [0, 0.05) is 38.8 Å². The van der Waals surface area contributed by atoms with Crippen LogP contribution in [-0.4, -0.2) is 57.4 Å². The Morgan fingerprint density at radius 3 is 3.14 bits per heavy atom. The Kier molecular flexibility index (Phi) is 5.70. The molecule has 4 nitrogen and oxygen atoms in total. The van der Waals surface area contributed by atoms with Crippen LogP contribution in [0.15, 0.2) is 18.2 Å². The van der Waals surface area contributed by atoms with E-state index in [1.807, 2.05) is 0 Å². The summed E-state index contributed by atoms with van der Waals surface area (Å²) < 4.78 is 10.9. The van der Waals surface area contributed by atoms with Gasteiger partial charge >= 0.3 is 0 Å². The average Bonchev–Trinajstić information content (AvgIpc) is 2.83. The Bertz CT molecular complexity index is 470. The van der Waals surface area contributed by atoms with Crippen LogP contribution in [0.2, 0.25) is 0 Å². The van der Waals surface area contributed by atoms with Crippen molar-refractivity contribution in [3.63, 3.8) is 0 Å². The molecule has 1 aromatic carbocycles. The standard InChI is InChI=1S/C18H28N2O2/c1-21-18-6-4-15-3-5-17(13-16(15)14-18)19-7-9-20-8-2-11-22-12-10-20/h4,6,14,17,19H,2-3,5,7-13H2,1H3. The third kappa shape index (κ3) is 4.22. The van der Waals surface area contributed by atoms with E-state index in [0.29, 0.717) is 6.04 Å². The molecule has 1 aliphatic heterocycles. The van der Waals surface area contributed by atoms with Gasteiger partial charge in [-0.05, 0) is 48.9 Å². The van der Waals surface area contributed by atoms with Gasteiger partial charge in [-0.1, -0.05) is 6.07 Å². The Labute approximate surface area is 133 Å². The molecule has 1 heterocycles. The highest BCUT2D eigenvalue weighted by Gasteiger charge is 2.19. The van der Waals surface area contributed by atoms with E-state index < -0.39 is 0 Å². The van der Waals surface area contributed by atoms with Crippen LogP contribution in [0.3, 0.4) is 0 Å². The fraction of sp³-hybridized carbons (Fsp3) is 0.667. The topological polar surface area (TPSA) is 33.7 Å². The van der Waals surface area contributed by atoms with Crippen molar-refractivity contribution < 1.29 is 9.47 Å². The number of nitrogens with one attached hydrogen (secondary N) is 1. The molecule has 4 heteroatoms. The van der Waals surface area contributed by atoms with Gasteiger partial charge in [-0.25, -0.2) is 0 Å². The van der Waals surface area contributed by atoms with E-state index in [1.165, 1.54) is 30.5 Å². The van der Waals surface area contributed by atoms with Crippen molar-refractivity contribution in [1.29, 1.82) is 0 Å². The fourth-order valence-electron chi connectivity index (χ4n) is 3.48. The van der Waals surface area contributed by atoms with Crippen molar-refractivity contribution in [1.82, 2.24) is 10.2 Å². The third-order valence-electron chi connectivity index (χ3n) is 4.82. The molecule has 1 atom stereocenters. The van der Waals surface area contributed by atoms with E-state index >= 15 is 0 Å². The maximum absolute atomic E-state index is 5.51.